The fraction of sp³-hybridized carbons (Fsp3) is 0.888. The molecule has 0 amide bonds. The summed E-state index contributed by atoms with van der Waals surface area (Å²) in [5, 5.41) is 9.74. The summed E-state index contributed by atoms with van der Waals surface area (Å²) < 4.78 is 10.8. The Bertz CT molecular complexity index is 1550. The number of esters is 2. The Labute approximate surface area is 589 Å². The topological polar surface area (TPSA) is 72.8 Å². The van der Waals surface area contributed by atoms with Crippen LogP contribution in [0.1, 0.15) is 489 Å². The van der Waals surface area contributed by atoms with Crippen molar-refractivity contribution in [2.45, 2.75) is 495 Å². The molecule has 0 bridgehead atoms. The molecule has 0 spiro atoms. The lowest BCUT2D eigenvalue weighted by Gasteiger charge is -2.15. The number of unbranched alkanes of at least 4 members (excludes halogenated alkanes) is 66. The van der Waals surface area contributed by atoms with Crippen LogP contribution in [0.3, 0.4) is 0 Å². The van der Waals surface area contributed by atoms with E-state index in [0.717, 1.165) is 44.9 Å². The molecule has 554 valence electrons. The zero-order chi connectivity index (χ0) is 67.5. The van der Waals surface area contributed by atoms with Crippen LogP contribution in [0.2, 0.25) is 0 Å². The van der Waals surface area contributed by atoms with Crippen molar-refractivity contribution in [3.63, 3.8) is 0 Å². The quantitative estimate of drug-likeness (QED) is 0.0373. The minimum atomic E-state index is -0.771. The molecule has 0 aromatic heterocycles. The Hall–Kier alpha value is -2.14. The molecule has 0 fully saturated rings. The van der Waals surface area contributed by atoms with E-state index < -0.39 is 6.10 Å². The molecule has 1 unspecified atom stereocenters. The Morgan fingerprint density at radius 2 is 0.426 bits per heavy atom. The summed E-state index contributed by atoms with van der Waals surface area (Å²) in [6.07, 6.45) is 117. The highest BCUT2D eigenvalue weighted by molar-refractivity contribution is 5.70. The predicted molar refractivity (Wildman–Crippen MR) is 417 cm³/mol. The number of rotatable bonds is 82. The molecule has 0 heterocycles. The van der Waals surface area contributed by atoms with Gasteiger partial charge < -0.3 is 14.6 Å². The standard InChI is InChI=1S/C89H168O5/c1-3-5-7-9-11-13-15-17-19-21-23-25-27-29-31-33-35-37-39-41-43-44-46-47-49-51-53-55-57-59-61-63-65-67-69-71-73-75-77-79-81-83-88(91)93-86-87(85-90)94-89(92)84-82-80-78-76-74-72-70-68-66-64-62-60-58-56-54-52-50-48-45-42-40-38-36-34-32-30-28-26-24-22-20-18-16-14-12-10-8-6-4-2/h16,18,21-24,28,30,87,90H,3-15,17,19-20,25-27,29,31-86H2,1-2H3/b18-16-,23-21-,24-22-,30-28-. The van der Waals surface area contributed by atoms with Crippen molar-refractivity contribution in [2.75, 3.05) is 13.2 Å². The first-order valence-electron chi connectivity index (χ1n) is 43.2. The van der Waals surface area contributed by atoms with Crippen molar-refractivity contribution in [3.8, 4) is 0 Å². The van der Waals surface area contributed by atoms with E-state index in [1.807, 2.05) is 0 Å². The maximum absolute atomic E-state index is 12.4. The smallest absolute Gasteiger partial charge is 0.306 e. The van der Waals surface area contributed by atoms with Crippen LogP contribution in [0.4, 0.5) is 0 Å². The summed E-state index contributed by atoms with van der Waals surface area (Å²) in [7, 11) is 0. The zero-order valence-corrected chi connectivity index (χ0v) is 64.0. The molecule has 0 saturated carbocycles. The molecule has 0 aromatic rings. The molecule has 0 aliphatic carbocycles. The molecular weight excluding hydrogens is 1150 g/mol. The van der Waals surface area contributed by atoms with Gasteiger partial charge in [-0.3, -0.25) is 9.59 Å². The van der Waals surface area contributed by atoms with E-state index in [4.69, 9.17) is 9.47 Å². The summed E-state index contributed by atoms with van der Waals surface area (Å²) in [4.78, 5) is 24.8. The normalized spacial score (nSPS) is 12.3. The highest BCUT2D eigenvalue weighted by Crippen LogP contribution is 2.21. The third-order valence-electron chi connectivity index (χ3n) is 20.1. The van der Waals surface area contributed by atoms with Crippen LogP contribution in [0.5, 0.6) is 0 Å². The van der Waals surface area contributed by atoms with Gasteiger partial charge in [-0.1, -0.05) is 448 Å². The number of aliphatic hydroxyl groups is 1. The highest BCUT2D eigenvalue weighted by atomic mass is 16.6. The lowest BCUT2D eigenvalue weighted by molar-refractivity contribution is -0.161. The van der Waals surface area contributed by atoms with Crippen molar-refractivity contribution < 1.29 is 24.2 Å². The van der Waals surface area contributed by atoms with Gasteiger partial charge in [0.05, 0.1) is 6.61 Å². The number of hydrogen-bond acceptors (Lipinski definition) is 5. The fourth-order valence-electron chi connectivity index (χ4n) is 13.6. The SMILES string of the molecule is CCCCCCC/C=C\C/C=C\C/C=C\CCCCCCCCCCCCCCCCCCCCCCCCCCC(=O)OC(CO)COC(=O)CCCCCCCCCCCCCCCCCCCCCCCCCCCCCCC/C=C\CCCCCCCCCC. The van der Waals surface area contributed by atoms with E-state index >= 15 is 0 Å². The summed E-state index contributed by atoms with van der Waals surface area (Å²) >= 11 is 0. The number of ether oxygens (including phenoxy) is 2. The third kappa shape index (κ3) is 82.3. The van der Waals surface area contributed by atoms with Crippen LogP contribution in [0, 0.1) is 0 Å². The largest absolute Gasteiger partial charge is 0.462 e. The van der Waals surface area contributed by atoms with Gasteiger partial charge in [0.15, 0.2) is 6.10 Å². The first-order chi connectivity index (χ1) is 46.6. The molecule has 0 rings (SSSR count). The number of carbonyl (C=O) groups excluding carboxylic acids is 2. The van der Waals surface area contributed by atoms with Gasteiger partial charge in [0.25, 0.3) is 0 Å². The van der Waals surface area contributed by atoms with Crippen LogP contribution < -0.4 is 0 Å². The Kier molecular flexibility index (Phi) is 83.1. The molecule has 0 aliphatic heterocycles. The van der Waals surface area contributed by atoms with Crippen LogP contribution in [-0.4, -0.2) is 36.4 Å². The lowest BCUT2D eigenvalue weighted by atomic mass is 10.0. The van der Waals surface area contributed by atoms with E-state index in [1.54, 1.807) is 0 Å². The van der Waals surface area contributed by atoms with Crippen molar-refractivity contribution in [3.05, 3.63) is 48.6 Å². The Morgan fingerprint density at radius 3 is 0.649 bits per heavy atom. The Morgan fingerprint density at radius 1 is 0.245 bits per heavy atom. The van der Waals surface area contributed by atoms with E-state index in [1.165, 1.54) is 417 Å². The fourth-order valence-corrected chi connectivity index (χ4v) is 13.6. The van der Waals surface area contributed by atoms with E-state index in [9.17, 15) is 14.7 Å². The number of allylic oxidation sites excluding steroid dienone is 8. The van der Waals surface area contributed by atoms with Crippen molar-refractivity contribution >= 4 is 11.9 Å². The third-order valence-corrected chi connectivity index (χ3v) is 20.1. The van der Waals surface area contributed by atoms with Gasteiger partial charge in [-0.2, -0.15) is 0 Å². The van der Waals surface area contributed by atoms with Gasteiger partial charge in [0, 0.05) is 12.8 Å². The van der Waals surface area contributed by atoms with Crippen molar-refractivity contribution in [1.82, 2.24) is 0 Å². The van der Waals surface area contributed by atoms with Gasteiger partial charge in [-0.25, -0.2) is 0 Å². The molecule has 5 heteroatoms. The molecule has 0 radical (unpaired) electrons. The van der Waals surface area contributed by atoms with Crippen molar-refractivity contribution in [2.24, 2.45) is 0 Å². The first kappa shape index (κ1) is 91.9. The average molecular weight is 1320 g/mol. The highest BCUT2D eigenvalue weighted by Gasteiger charge is 2.16. The van der Waals surface area contributed by atoms with E-state index in [0.29, 0.717) is 12.8 Å². The number of carbonyl (C=O) groups is 2. The molecule has 0 saturated heterocycles. The number of hydrogen-bond donors (Lipinski definition) is 1. The van der Waals surface area contributed by atoms with Crippen molar-refractivity contribution in [1.29, 1.82) is 0 Å². The van der Waals surface area contributed by atoms with Gasteiger partial charge in [0.1, 0.15) is 6.61 Å². The van der Waals surface area contributed by atoms with E-state index in [2.05, 4.69) is 62.5 Å². The molecule has 1 N–H and O–H groups in total. The molecule has 1 atom stereocenters. The second-order valence-corrected chi connectivity index (χ2v) is 29.6. The van der Waals surface area contributed by atoms with Gasteiger partial charge in [0.2, 0.25) is 0 Å². The van der Waals surface area contributed by atoms with Crippen LogP contribution in [-0.2, 0) is 19.1 Å². The van der Waals surface area contributed by atoms with Crippen LogP contribution in [0.15, 0.2) is 48.6 Å². The summed E-state index contributed by atoms with van der Waals surface area (Å²) in [5.74, 6) is -0.560. The van der Waals surface area contributed by atoms with Crippen LogP contribution in [0.25, 0.3) is 0 Å². The molecule has 5 nitrogen and oxygen atoms in total. The second kappa shape index (κ2) is 85.1. The van der Waals surface area contributed by atoms with Gasteiger partial charge in [-0.05, 0) is 77.0 Å². The second-order valence-electron chi connectivity index (χ2n) is 29.6. The van der Waals surface area contributed by atoms with Crippen LogP contribution >= 0.6 is 0 Å². The molecule has 0 aliphatic rings. The predicted octanol–water partition coefficient (Wildman–Crippen LogP) is 30.6. The maximum Gasteiger partial charge on any atom is 0.306 e. The average Bonchev–Trinajstić information content (AvgIpc) is 3.65. The summed E-state index contributed by atoms with van der Waals surface area (Å²) in [6.45, 7) is 4.20. The molecular formula is C89H168O5. The molecule has 94 heavy (non-hydrogen) atoms. The summed E-state index contributed by atoms with van der Waals surface area (Å²) in [5.41, 5.74) is 0. The lowest BCUT2D eigenvalue weighted by Crippen LogP contribution is -2.28. The first-order valence-corrected chi connectivity index (χ1v) is 43.2. The zero-order valence-electron chi connectivity index (χ0n) is 64.0. The molecule has 0 aromatic carbocycles. The number of aliphatic hydroxyl groups excluding tert-OH is 1. The van der Waals surface area contributed by atoms with Gasteiger partial charge in [-0.15, -0.1) is 0 Å². The minimum Gasteiger partial charge on any atom is -0.462 e. The van der Waals surface area contributed by atoms with Gasteiger partial charge >= 0.3 is 11.9 Å². The Balaban J connectivity index is 3.35. The minimum absolute atomic E-state index is 0.0583. The van der Waals surface area contributed by atoms with E-state index in [-0.39, 0.29) is 25.2 Å². The summed E-state index contributed by atoms with van der Waals surface area (Å²) in [6, 6.07) is 0. The maximum atomic E-state index is 12.4. The monoisotopic (exact) mass is 1320 g/mol.